The second kappa shape index (κ2) is 7.49. The third-order valence-corrected chi connectivity index (χ3v) is 6.03. The zero-order valence-corrected chi connectivity index (χ0v) is 17.8. The number of imide groups is 1. The number of anilines is 4. The molecule has 0 bridgehead atoms. The van der Waals surface area contributed by atoms with E-state index in [1.54, 1.807) is 36.6 Å². The van der Waals surface area contributed by atoms with Crippen LogP contribution in [-0.2, 0) is 14.9 Å². The molecule has 10 heteroatoms. The molecule has 3 N–H and O–H groups in total. The first-order chi connectivity index (χ1) is 15.3. The van der Waals surface area contributed by atoms with Gasteiger partial charge in [0.25, 0.3) is 0 Å². The lowest BCUT2D eigenvalue weighted by Crippen LogP contribution is -2.39. The molecule has 32 heavy (non-hydrogen) atoms. The molecule has 0 aliphatic carbocycles. The lowest BCUT2D eigenvalue weighted by Gasteiger charge is -2.24. The third-order valence-electron chi connectivity index (χ3n) is 6.03. The summed E-state index contributed by atoms with van der Waals surface area (Å²) in [6, 6.07) is 11.3. The Labute approximate surface area is 184 Å². The highest BCUT2D eigenvalue weighted by molar-refractivity contribution is 6.20. The molecule has 5 rings (SSSR count). The zero-order valence-electron chi connectivity index (χ0n) is 17.8. The van der Waals surface area contributed by atoms with Gasteiger partial charge in [-0.15, -0.1) is 5.10 Å². The van der Waals surface area contributed by atoms with Gasteiger partial charge in [-0.3, -0.25) is 4.79 Å². The van der Waals surface area contributed by atoms with Gasteiger partial charge in [0.1, 0.15) is 5.82 Å². The SMILES string of the molecule is CC1(C)C(=O)N(C(=O)O)c2cc(Nc3nc4cccc(NC5CCOCC5)n4n3)ccc21. The first-order valence-corrected chi connectivity index (χ1v) is 10.5. The summed E-state index contributed by atoms with van der Waals surface area (Å²) in [5.41, 5.74) is 1.38. The average Bonchev–Trinajstić information content (AvgIpc) is 3.25. The van der Waals surface area contributed by atoms with Crippen LogP contribution in [0.25, 0.3) is 5.65 Å². The van der Waals surface area contributed by atoms with Crippen molar-refractivity contribution in [1.29, 1.82) is 0 Å². The van der Waals surface area contributed by atoms with Crippen LogP contribution in [0.15, 0.2) is 36.4 Å². The standard InChI is InChI=1S/C22H24N6O4/c1-22(2)15-7-6-14(12-16(15)27(19(22)29)21(30)31)24-20-25-18-5-3-4-17(28(18)26-20)23-13-8-10-32-11-9-13/h3-7,12-13,23H,8-11H2,1-2H3,(H,24,26)(H,30,31). The second-order valence-electron chi connectivity index (χ2n) is 8.55. The van der Waals surface area contributed by atoms with E-state index in [4.69, 9.17) is 4.74 Å². The molecule has 0 saturated carbocycles. The van der Waals surface area contributed by atoms with Gasteiger partial charge in [-0.2, -0.15) is 9.50 Å². The molecule has 4 heterocycles. The number of amides is 2. The maximum Gasteiger partial charge on any atom is 0.418 e. The van der Waals surface area contributed by atoms with Crippen LogP contribution in [0.2, 0.25) is 0 Å². The number of fused-ring (bicyclic) bond motifs is 2. The number of benzene rings is 1. The van der Waals surface area contributed by atoms with Crippen molar-refractivity contribution >= 4 is 40.8 Å². The minimum atomic E-state index is -1.30. The number of hydrogen-bond donors (Lipinski definition) is 3. The van der Waals surface area contributed by atoms with Gasteiger partial charge in [0.2, 0.25) is 11.9 Å². The molecule has 2 aliphatic rings. The van der Waals surface area contributed by atoms with Gasteiger partial charge in [-0.25, -0.2) is 9.69 Å². The molecule has 166 valence electrons. The lowest BCUT2D eigenvalue weighted by atomic mass is 9.86. The summed E-state index contributed by atoms with van der Waals surface area (Å²) in [5, 5.41) is 20.8. The van der Waals surface area contributed by atoms with Crippen molar-refractivity contribution in [3.63, 3.8) is 0 Å². The summed E-state index contributed by atoms with van der Waals surface area (Å²) in [4.78, 5) is 29.6. The molecule has 0 unspecified atom stereocenters. The fraction of sp³-hybridized carbons (Fsp3) is 0.364. The summed E-state index contributed by atoms with van der Waals surface area (Å²) in [5.74, 6) is 0.747. The van der Waals surface area contributed by atoms with Gasteiger partial charge >= 0.3 is 6.09 Å². The maximum absolute atomic E-state index is 12.6. The molecule has 0 spiro atoms. The number of aromatic nitrogens is 3. The van der Waals surface area contributed by atoms with E-state index in [-0.39, 0.29) is 0 Å². The smallest absolute Gasteiger partial charge is 0.418 e. The third kappa shape index (κ3) is 3.32. The number of hydrogen-bond acceptors (Lipinski definition) is 7. The van der Waals surface area contributed by atoms with Gasteiger partial charge in [0.05, 0.1) is 11.1 Å². The van der Waals surface area contributed by atoms with Crippen molar-refractivity contribution in [2.24, 2.45) is 0 Å². The minimum absolute atomic E-state index is 0.314. The molecule has 3 aromatic rings. The van der Waals surface area contributed by atoms with Crippen LogP contribution < -0.4 is 15.5 Å². The van der Waals surface area contributed by atoms with Crippen LogP contribution in [0.1, 0.15) is 32.3 Å². The molecule has 2 amide bonds. The first-order valence-electron chi connectivity index (χ1n) is 10.5. The summed E-state index contributed by atoms with van der Waals surface area (Å²) in [6.07, 6.45) is 0.564. The van der Waals surface area contributed by atoms with Crippen molar-refractivity contribution in [3.05, 3.63) is 42.0 Å². The Morgan fingerprint density at radius 1 is 1.22 bits per heavy atom. The average molecular weight is 436 g/mol. The highest BCUT2D eigenvalue weighted by Gasteiger charge is 2.46. The molecule has 1 fully saturated rings. The number of pyridine rings is 1. The van der Waals surface area contributed by atoms with Crippen molar-refractivity contribution in [2.45, 2.75) is 38.1 Å². The molecule has 2 aliphatic heterocycles. The quantitative estimate of drug-likeness (QED) is 0.569. The number of rotatable bonds is 4. The van der Waals surface area contributed by atoms with E-state index >= 15 is 0 Å². The number of carbonyl (C=O) groups excluding carboxylic acids is 1. The van der Waals surface area contributed by atoms with Gasteiger partial charge < -0.3 is 20.5 Å². The van der Waals surface area contributed by atoms with Crippen LogP contribution >= 0.6 is 0 Å². The highest BCUT2D eigenvalue weighted by atomic mass is 16.5. The second-order valence-corrected chi connectivity index (χ2v) is 8.55. The van der Waals surface area contributed by atoms with Crippen LogP contribution in [0, 0.1) is 0 Å². The number of ether oxygens (including phenoxy) is 1. The van der Waals surface area contributed by atoms with Gasteiger partial charge in [0.15, 0.2) is 5.65 Å². The maximum atomic E-state index is 12.6. The number of carbonyl (C=O) groups is 2. The molecule has 1 aromatic carbocycles. The molecule has 1 saturated heterocycles. The van der Waals surface area contributed by atoms with Crippen molar-refractivity contribution in [2.75, 3.05) is 28.7 Å². The van der Waals surface area contributed by atoms with E-state index in [1.165, 1.54) is 0 Å². The number of nitrogens with zero attached hydrogens (tertiary/aromatic N) is 4. The molecule has 10 nitrogen and oxygen atoms in total. The van der Waals surface area contributed by atoms with Crippen LogP contribution in [-0.4, -0.2) is 51.0 Å². The largest absolute Gasteiger partial charge is 0.464 e. The normalized spacial score (nSPS) is 18.1. The van der Waals surface area contributed by atoms with Crippen molar-refractivity contribution in [3.8, 4) is 0 Å². The van der Waals surface area contributed by atoms with E-state index in [1.807, 2.05) is 18.2 Å². The molecule has 2 aromatic heterocycles. The zero-order chi connectivity index (χ0) is 22.5. The highest BCUT2D eigenvalue weighted by Crippen LogP contribution is 2.43. The van der Waals surface area contributed by atoms with Gasteiger partial charge in [-0.1, -0.05) is 12.1 Å². The Kier molecular flexibility index (Phi) is 4.74. The first kappa shape index (κ1) is 20.3. The van der Waals surface area contributed by atoms with Gasteiger partial charge in [-0.05, 0) is 56.5 Å². The van der Waals surface area contributed by atoms with Crippen LogP contribution in [0.3, 0.4) is 0 Å². The lowest BCUT2D eigenvalue weighted by molar-refractivity contribution is -0.121. The molecular weight excluding hydrogens is 412 g/mol. The monoisotopic (exact) mass is 436 g/mol. The molecular formula is C22H24N6O4. The predicted octanol–water partition coefficient (Wildman–Crippen LogP) is 3.37. The molecule has 0 radical (unpaired) electrons. The molecule has 0 atom stereocenters. The Balaban J connectivity index is 1.44. The fourth-order valence-corrected chi connectivity index (χ4v) is 4.26. The Morgan fingerprint density at radius 3 is 2.75 bits per heavy atom. The topological polar surface area (TPSA) is 121 Å². The summed E-state index contributed by atoms with van der Waals surface area (Å²) >= 11 is 0. The number of carboxylic acid groups (broad SMARTS) is 1. The number of nitrogens with one attached hydrogen (secondary N) is 2. The Hall–Kier alpha value is -3.66. The predicted molar refractivity (Wildman–Crippen MR) is 119 cm³/mol. The van der Waals surface area contributed by atoms with E-state index < -0.39 is 17.4 Å². The van der Waals surface area contributed by atoms with Crippen LogP contribution in [0.4, 0.5) is 27.9 Å². The van der Waals surface area contributed by atoms with E-state index in [0.717, 1.165) is 36.8 Å². The van der Waals surface area contributed by atoms with E-state index in [9.17, 15) is 14.7 Å². The van der Waals surface area contributed by atoms with Gasteiger partial charge in [0, 0.05) is 24.9 Å². The fourth-order valence-electron chi connectivity index (χ4n) is 4.26. The van der Waals surface area contributed by atoms with E-state index in [0.29, 0.717) is 34.6 Å². The summed E-state index contributed by atoms with van der Waals surface area (Å²) in [6.45, 7) is 4.92. The van der Waals surface area contributed by atoms with E-state index in [2.05, 4.69) is 20.7 Å². The Morgan fingerprint density at radius 2 is 2.00 bits per heavy atom. The summed E-state index contributed by atoms with van der Waals surface area (Å²) in [7, 11) is 0. The van der Waals surface area contributed by atoms with Crippen molar-refractivity contribution < 1.29 is 19.4 Å². The van der Waals surface area contributed by atoms with Crippen LogP contribution in [0.5, 0.6) is 0 Å². The Bertz CT molecular complexity index is 1210. The van der Waals surface area contributed by atoms with Crippen molar-refractivity contribution in [1.82, 2.24) is 14.6 Å². The minimum Gasteiger partial charge on any atom is -0.464 e. The summed E-state index contributed by atoms with van der Waals surface area (Å²) < 4.78 is 7.16.